The van der Waals surface area contributed by atoms with Gasteiger partial charge >= 0.3 is 6.03 Å². The number of hydrogen-bond acceptors (Lipinski definition) is 4. The van der Waals surface area contributed by atoms with Crippen LogP contribution in [-0.4, -0.2) is 28.6 Å². The molecule has 30 heavy (non-hydrogen) atoms. The zero-order chi connectivity index (χ0) is 21.1. The van der Waals surface area contributed by atoms with E-state index in [1.165, 1.54) is 11.1 Å². The molecule has 154 valence electrons. The van der Waals surface area contributed by atoms with Gasteiger partial charge in [0.25, 0.3) is 0 Å². The van der Waals surface area contributed by atoms with E-state index >= 15 is 0 Å². The third-order valence-corrected chi connectivity index (χ3v) is 5.53. The lowest BCUT2D eigenvalue weighted by molar-refractivity contribution is 0.251. The number of rotatable bonds is 6. The van der Waals surface area contributed by atoms with Gasteiger partial charge in [-0.05, 0) is 35.6 Å². The number of urea groups is 1. The molecule has 1 aliphatic heterocycles. The molecule has 1 fully saturated rings. The van der Waals surface area contributed by atoms with Gasteiger partial charge in [-0.2, -0.15) is 4.98 Å². The van der Waals surface area contributed by atoms with E-state index in [2.05, 4.69) is 77.8 Å². The molecule has 2 heterocycles. The molecule has 4 rings (SSSR count). The standard InChI is InChI=1S/C24H27N5O/c1-16(2)21-15-26-24(30)29(21)22-13-14-25-23(28-22)27-17(3)18-9-11-20(12-10-18)19-7-5-4-6-8-19/h4-14,16-17,21H,15H2,1-3H3,(H,26,30)(H,25,27,28)/t17?,21-/m1/s1. The molecule has 0 spiro atoms. The van der Waals surface area contributed by atoms with Crippen LogP contribution in [0.15, 0.2) is 66.9 Å². The average Bonchev–Trinajstić information content (AvgIpc) is 3.16. The fraction of sp³-hybridized carbons (Fsp3) is 0.292. The highest BCUT2D eigenvalue weighted by atomic mass is 16.2. The first-order chi connectivity index (χ1) is 14.5. The van der Waals surface area contributed by atoms with Gasteiger partial charge in [0.05, 0.1) is 12.1 Å². The first-order valence-electron chi connectivity index (χ1n) is 10.3. The monoisotopic (exact) mass is 401 g/mol. The van der Waals surface area contributed by atoms with Crippen LogP contribution in [0.4, 0.5) is 16.6 Å². The second-order valence-electron chi connectivity index (χ2n) is 7.96. The normalized spacial score (nSPS) is 17.1. The maximum Gasteiger partial charge on any atom is 0.323 e. The number of amides is 2. The number of hydrogen-bond donors (Lipinski definition) is 2. The summed E-state index contributed by atoms with van der Waals surface area (Å²) in [5.41, 5.74) is 3.52. The van der Waals surface area contributed by atoms with Gasteiger partial charge in [-0.1, -0.05) is 68.4 Å². The molecular formula is C24H27N5O. The summed E-state index contributed by atoms with van der Waals surface area (Å²) < 4.78 is 0. The number of anilines is 2. The average molecular weight is 402 g/mol. The van der Waals surface area contributed by atoms with Crippen molar-refractivity contribution in [3.63, 3.8) is 0 Å². The topological polar surface area (TPSA) is 70.2 Å². The van der Waals surface area contributed by atoms with E-state index in [4.69, 9.17) is 0 Å². The Hall–Kier alpha value is -3.41. The number of nitrogens with one attached hydrogen (secondary N) is 2. The Kier molecular flexibility index (Phi) is 5.65. The molecule has 0 bridgehead atoms. The van der Waals surface area contributed by atoms with Crippen LogP contribution in [-0.2, 0) is 0 Å². The van der Waals surface area contributed by atoms with Gasteiger partial charge in [0.15, 0.2) is 0 Å². The Morgan fingerprint density at radius 2 is 1.70 bits per heavy atom. The SMILES string of the molecule is CC(Nc1nccc(N2C(=O)NC[C@@H]2C(C)C)n1)c1ccc(-c2ccccc2)cc1. The number of benzene rings is 2. The Bertz CT molecular complexity index is 1000. The molecule has 1 saturated heterocycles. The van der Waals surface area contributed by atoms with Gasteiger partial charge in [0.2, 0.25) is 5.95 Å². The van der Waals surface area contributed by atoms with Gasteiger partial charge in [-0.15, -0.1) is 0 Å². The van der Waals surface area contributed by atoms with Crippen molar-refractivity contribution in [3.05, 3.63) is 72.4 Å². The highest BCUT2D eigenvalue weighted by Crippen LogP contribution is 2.26. The Morgan fingerprint density at radius 1 is 1.00 bits per heavy atom. The maximum absolute atomic E-state index is 12.3. The lowest BCUT2D eigenvalue weighted by Crippen LogP contribution is -2.38. The zero-order valence-corrected chi connectivity index (χ0v) is 17.5. The summed E-state index contributed by atoms with van der Waals surface area (Å²) in [6, 6.07) is 20.6. The minimum absolute atomic E-state index is 0.0263. The molecule has 0 aliphatic carbocycles. The summed E-state index contributed by atoms with van der Waals surface area (Å²) in [6.07, 6.45) is 1.69. The third-order valence-electron chi connectivity index (χ3n) is 5.53. The second-order valence-corrected chi connectivity index (χ2v) is 7.96. The van der Waals surface area contributed by atoms with Gasteiger partial charge in [0, 0.05) is 12.7 Å². The molecule has 6 heteroatoms. The molecule has 1 unspecified atom stereocenters. The van der Waals surface area contributed by atoms with E-state index in [-0.39, 0.29) is 18.1 Å². The molecule has 2 N–H and O–H groups in total. The lowest BCUT2D eigenvalue weighted by atomic mass is 10.0. The highest BCUT2D eigenvalue weighted by Gasteiger charge is 2.34. The minimum Gasteiger partial charge on any atom is -0.348 e. The van der Waals surface area contributed by atoms with E-state index < -0.39 is 0 Å². The van der Waals surface area contributed by atoms with E-state index in [9.17, 15) is 4.79 Å². The molecule has 2 aromatic carbocycles. The first kappa shape index (κ1) is 19.9. The van der Waals surface area contributed by atoms with Crippen LogP contribution in [0.1, 0.15) is 32.4 Å². The van der Waals surface area contributed by atoms with Crippen LogP contribution < -0.4 is 15.5 Å². The minimum atomic E-state index is -0.108. The van der Waals surface area contributed by atoms with Crippen LogP contribution in [0, 0.1) is 5.92 Å². The Balaban J connectivity index is 1.49. The Labute approximate surface area is 177 Å². The van der Waals surface area contributed by atoms with Gasteiger partial charge in [-0.3, -0.25) is 4.90 Å². The summed E-state index contributed by atoms with van der Waals surface area (Å²) in [7, 11) is 0. The number of carbonyl (C=O) groups excluding carboxylic acids is 1. The fourth-order valence-electron chi connectivity index (χ4n) is 3.75. The van der Waals surface area contributed by atoms with Gasteiger partial charge in [-0.25, -0.2) is 9.78 Å². The smallest absolute Gasteiger partial charge is 0.323 e. The third kappa shape index (κ3) is 4.13. The van der Waals surface area contributed by atoms with E-state index in [1.807, 2.05) is 18.2 Å². The molecule has 6 nitrogen and oxygen atoms in total. The van der Waals surface area contributed by atoms with Crippen molar-refractivity contribution in [1.82, 2.24) is 15.3 Å². The quantitative estimate of drug-likeness (QED) is 0.618. The predicted molar refractivity (Wildman–Crippen MR) is 120 cm³/mol. The molecule has 2 amide bonds. The molecule has 0 saturated carbocycles. The van der Waals surface area contributed by atoms with Crippen LogP contribution >= 0.6 is 0 Å². The highest BCUT2D eigenvalue weighted by molar-refractivity contribution is 5.94. The molecular weight excluding hydrogens is 374 g/mol. The van der Waals surface area contributed by atoms with Gasteiger partial charge < -0.3 is 10.6 Å². The van der Waals surface area contributed by atoms with Crippen molar-refractivity contribution in [2.24, 2.45) is 5.92 Å². The van der Waals surface area contributed by atoms with Crippen molar-refractivity contribution < 1.29 is 4.79 Å². The first-order valence-corrected chi connectivity index (χ1v) is 10.3. The van der Waals surface area contributed by atoms with Crippen LogP contribution in [0.5, 0.6) is 0 Å². The lowest BCUT2D eigenvalue weighted by Gasteiger charge is -2.25. The van der Waals surface area contributed by atoms with Crippen molar-refractivity contribution in [3.8, 4) is 11.1 Å². The van der Waals surface area contributed by atoms with Crippen molar-refractivity contribution in [2.75, 3.05) is 16.8 Å². The number of aromatic nitrogens is 2. The van der Waals surface area contributed by atoms with E-state index in [0.717, 1.165) is 5.56 Å². The zero-order valence-electron chi connectivity index (χ0n) is 17.5. The molecule has 0 radical (unpaired) electrons. The molecule has 1 aliphatic rings. The summed E-state index contributed by atoms with van der Waals surface area (Å²) in [5, 5.41) is 6.27. The largest absolute Gasteiger partial charge is 0.348 e. The van der Waals surface area contributed by atoms with E-state index in [1.54, 1.807) is 17.2 Å². The molecule has 2 atom stereocenters. The Morgan fingerprint density at radius 3 is 2.40 bits per heavy atom. The van der Waals surface area contributed by atoms with Crippen LogP contribution in [0.3, 0.4) is 0 Å². The molecule has 1 aromatic heterocycles. The predicted octanol–water partition coefficient (Wildman–Crippen LogP) is 4.87. The van der Waals surface area contributed by atoms with Crippen molar-refractivity contribution in [1.29, 1.82) is 0 Å². The van der Waals surface area contributed by atoms with E-state index in [0.29, 0.717) is 24.2 Å². The van der Waals surface area contributed by atoms with Crippen molar-refractivity contribution in [2.45, 2.75) is 32.9 Å². The summed E-state index contributed by atoms with van der Waals surface area (Å²) in [4.78, 5) is 23.0. The van der Waals surface area contributed by atoms with Crippen LogP contribution in [0.25, 0.3) is 11.1 Å². The number of carbonyl (C=O) groups is 1. The van der Waals surface area contributed by atoms with Gasteiger partial charge in [0.1, 0.15) is 5.82 Å². The summed E-state index contributed by atoms with van der Waals surface area (Å²) >= 11 is 0. The van der Waals surface area contributed by atoms with Crippen molar-refractivity contribution >= 4 is 17.8 Å². The summed E-state index contributed by atoms with van der Waals surface area (Å²) in [5.74, 6) is 1.46. The maximum atomic E-state index is 12.3. The second kappa shape index (κ2) is 8.53. The summed E-state index contributed by atoms with van der Waals surface area (Å²) in [6.45, 7) is 6.93. The van der Waals surface area contributed by atoms with Crippen LogP contribution in [0.2, 0.25) is 0 Å². The number of nitrogens with zero attached hydrogens (tertiary/aromatic N) is 3. The fourth-order valence-corrected chi connectivity index (χ4v) is 3.75. The molecule has 3 aromatic rings.